The first kappa shape index (κ1) is 15.6. The molecule has 1 aliphatic heterocycles. The van der Waals surface area contributed by atoms with E-state index in [1.165, 1.54) is 18.2 Å². The number of carbonyl (C=O) groups is 1. The van der Waals surface area contributed by atoms with E-state index in [9.17, 15) is 13.9 Å². The molecule has 8 heteroatoms. The van der Waals surface area contributed by atoms with Crippen molar-refractivity contribution in [1.29, 1.82) is 0 Å². The SMILES string of the molecule is O=C(O)c1cccc(Oc2ccc3c(c2)S(O)(O)NCCN3)c1. The smallest absolute Gasteiger partial charge is 0.335 e. The molecular weight excluding hydrogens is 320 g/mol. The Morgan fingerprint density at radius 1 is 1.09 bits per heavy atom. The van der Waals surface area contributed by atoms with Crippen molar-refractivity contribution < 1.29 is 23.7 Å². The van der Waals surface area contributed by atoms with Crippen molar-refractivity contribution in [1.82, 2.24) is 4.72 Å². The van der Waals surface area contributed by atoms with E-state index in [4.69, 9.17) is 9.84 Å². The van der Waals surface area contributed by atoms with Gasteiger partial charge in [-0.05, 0) is 30.3 Å². The Hall–Kier alpha value is -2.26. The van der Waals surface area contributed by atoms with Crippen molar-refractivity contribution in [3.8, 4) is 11.5 Å². The first-order valence-electron chi connectivity index (χ1n) is 6.88. The van der Waals surface area contributed by atoms with E-state index in [1.807, 2.05) is 0 Å². The molecule has 7 nitrogen and oxygen atoms in total. The highest BCUT2D eigenvalue weighted by molar-refractivity contribution is 8.22. The molecule has 2 aromatic rings. The lowest BCUT2D eigenvalue weighted by Crippen LogP contribution is -2.22. The predicted octanol–water partition coefficient (Wildman–Crippen LogP) is 3.22. The summed E-state index contributed by atoms with van der Waals surface area (Å²) in [4.78, 5) is 11.3. The van der Waals surface area contributed by atoms with Crippen LogP contribution >= 0.6 is 10.8 Å². The van der Waals surface area contributed by atoms with Crippen LogP contribution in [0, 0.1) is 0 Å². The van der Waals surface area contributed by atoms with Gasteiger partial charge in [0.2, 0.25) is 0 Å². The number of hydrogen-bond acceptors (Lipinski definition) is 6. The first-order chi connectivity index (χ1) is 11.0. The van der Waals surface area contributed by atoms with Crippen LogP contribution in [0.25, 0.3) is 0 Å². The van der Waals surface area contributed by atoms with Gasteiger partial charge in [-0.15, -0.1) is 10.8 Å². The summed E-state index contributed by atoms with van der Waals surface area (Å²) in [5.74, 6) is -0.299. The van der Waals surface area contributed by atoms with Gasteiger partial charge >= 0.3 is 5.97 Å². The molecule has 0 saturated heterocycles. The largest absolute Gasteiger partial charge is 0.478 e. The molecule has 5 N–H and O–H groups in total. The highest BCUT2D eigenvalue weighted by Crippen LogP contribution is 2.50. The first-order valence-corrected chi connectivity index (χ1v) is 8.42. The zero-order chi connectivity index (χ0) is 16.4. The Balaban J connectivity index is 1.91. The summed E-state index contributed by atoms with van der Waals surface area (Å²) in [5.41, 5.74) is 0.742. The molecule has 0 atom stereocenters. The Labute approximate surface area is 134 Å². The molecule has 0 unspecified atom stereocenters. The number of ether oxygens (including phenoxy) is 1. The fourth-order valence-electron chi connectivity index (χ4n) is 2.24. The summed E-state index contributed by atoms with van der Waals surface area (Å²) in [6, 6.07) is 11.0. The van der Waals surface area contributed by atoms with Gasteiger partial charge in [-0.3, -0.25) is 9.11 Å². The van der Waals surface area contributed by atoms with Crippen LogP contribution in [0.1, 0.15) is 10.4 Å². The van der Waals surface area contributed by atoms with E-state index < -0.39 is 16.7 Å². The number of rotatable bonds is 3. The van der Waals surface area contributed by atoms with E-state index in [1.54, 1.807) is 24.3 Å². The van der Waals surface area contributed by atoms with Gasteiger partial charge in [0.05, 0.1) is 11.3 Å². The number of fused-ring (bicyclic) bond motifs is 1. The van der Waals surface area contributed by atoms with Crippen molar-refractivity contribution >= 4 is 22.4 Å². The second kappa shape index (κ2) is 6.09. The third-order valence-corrected chi connectivity index (χ3v) is 4.88. The summed E-state index contributed by atoms with van der Waals surface area (Å²) in [5, 5.41) is 12.1. The number of benzene rings is 2. The van der Waals surface area contributed by atoms with Crippen LogP contribution < -0.4 is 14.8 Å². The minimum atomic E-state index is -3.10. The highest BCUT2D eigenvalue weighted by Gasteiger charge is 2.22. The number of aromatic carboxylic acids is 1. The molecule has 1 aliphatic rings. The molecule has 0 amide bonds. The molecule has 1 heterocycles. The second-order valence-electron chi connectivity index (χ2n) is 4.96. The molecule has 0 fully saturated rings. The number of carboxylic acid groups (broad SMARTS) is 1. The second-order valence-corrected chi connectivity index (χ2v) is 6.79. The molecule has 2 aromatic carbocycles. The Morgan fingerprint density at radius 2 is 1.87 bits per heavy atom. The maximum absolute atomic E-state index is 11.0. The molecule has 122 valence electrons. The topological polar surface area (TPSA) is 111 Å². The van der Waals surface area contributed by atoms with E-state index in [-0.39, 0.29) is 5.56 Å². The molecule has 0 spiro atoms. The quantitative estimate of drug-likeness (QED) is 0.585. The summed E-state index contributed by atoms with van der Waals surface area (Å²) < 4.78 is 28.7. The number of carboxylic acids is 1. The molecule has 0 radical (unpaired) electrons. The van der Waals surface area contributed by atoms with Crippen molar-refractivity contribution in [2.45, 2.75) is 4.90 Å². The van der Waals surface area contributed by atoms with Gasteiger partial charge in [0.25, 0.3) is 0 Å². The summed E-state index contributed by atoms with van der Waals surface area (Å²) >= 11 is 0. The number of nitrogens with one attached hydrogen (secondary N) is 2. The summed E-state index contributed by atoms with van der Waals surface area (Å²) in [7, 11) is -3.10. The zero-order valence-electron chi connectivity index (χ0n) is 12.0. The molecule has 0 aliphatic carbocycles. The van der Waals surface area contributed by atoms with Gasteiger partial charge in [0.1, 0.15) is 16.4 Å². The molecule has 0 saturated carbocycles. The summed E-state index contributed by atoms with van der Waals surface area (Å²) in [6.07, 6.45) is 0. The van der Waals surface area contributed by atoms with Crippen LogP contribution in [0.5, 0.6) is 11.5 Å². The van der Waals surface area contributed by atoms with Gasteiger partial charge in [-0.2, -0.15) is 0 Å². The van der Waals surface area contributed by atoms with Crippen LogP contribution in [-0.4, -0.2) is 33.3 Å². The normalized spacial score (nSPS) is 17.3. The maximum Gasteiger partial charge on any atom is 0.335 e. The average molecular weight is 336 g/mol. The fraction of sp³-hybridized carbons (Fsp3) is 0.133. The molecule has 3 rings (SSSR count). The molecule has 0 bridgehead atoms. The van der Waals surface area contributed by atoms with E-state index >= 15 is 0 Å². The third-order valence-electron chi connectivity index (χ3n) is 3.32. The van der Waals surface area contributed by atoms with Gasteiger partial charge < -0.3 is 15.2 Å². The monoisotopic (exact) mass is 336 g/mol. The Morgan fingerprint density at radius 3 is 2.65 bits per heavy atom. The van der Waals surface area contributed by atoms with Gasteiger partial charge in [-0.25, -0.2) is 9.52 Å². The fourth-order valence-corrected chi connectivity index (χ4v) is 3.51. The van der Waals surface area contributed by atoms with Gasteiger partial charge in [-0.1, -0.05) is 6.07 Å². The van der Waals surface area contributed by atoms with Gasteiger partial charge in [0.15, 0.2) is 0 Å². The maximum atomic E-state index is 11.0. The van der Waals surface area contributed by atoms with E-state index in [2.05, 4.69) is 10.0 Å². The van der Waals surface area contributed by atoms with Crippen LogP contribution in [-0.2, 0) is 0 Å². The lowest BCUT2D eigenvalue weighted by molar-refractivity contribution is 0.0696. The van der Waals surface area contributed by atoms with Crippen LogP contribution in [0.3, 0.4) is 0 Å². The highest BCUT2D eigenvalue weighted by atomic mass is 32.3. The van der Waals surface area contributed by atoms with Crippen LogP contribution in [0.4, 0.5) is 5.69 Å². The van der Waals surface area contributed by atoms with Crippen LogP contribution in [0.2, 0.25) is 0 Å². The van der Waals surface area contributed by atoms with E-state index in [0.29, 0.717) is 35.2 Å². The van der Waals surface area contributed by atoms with Gasteiger partial charge in [0, 0.05) is 19.2 Å². The third kappa shape index (κ3) is 3.40. The minimum absolute atomic E-state index is 0.116. The number of hydrogen-bond donors (Lipinski definition) is 5. The van der Waals surface area contributed by atoms with Crippen molar-refractivity contribution in [2.75, 3.05) is 18.4 Å². The van der Waals surface area contributed by atoms with Crippen molar-refractivity contribution in [3.05, 3.63) is 48.0 Å². The van der Waals surface area contributed by atoms with Crippen LogP contribution in [0.15, 0.2) is 47.4 Å². The Kier molecular flexibility index (Phi) is 4.14. The molecule has 0 aromatic heterocycles. The molecular formula is C15H16N2O5S. The standard InChI is InChI=1S/C15H16N2O5S/c18-15(19)10-2-1-3-11(8-10)22-12-4-5-13-14(9-12)23(20,21)17-7-6-16-13/h1-5,8-9,16-17,20-21H,6-7H2,(H,18,19). The van der Waals surface area contributed by atoms with Crippen molar-refractivity contribution in [3.63, 3.8) is 0 Å². The van der Waals surface area contributed by atoms with E-state index in [0.717, 1.165) is 0 Å². The lowest BCUT2D eigenvalue weighted by atomic mass is 10.2. The average Bonchev–Trinajstić information content (AvgIpc) is 2.66. The Bertz CT molecular complexity index is 750. The lowest BCUT2D eigenvalue weighted by Gasteiger charge is -2.32. The molecule has 23 heavy (non-hydrogen) atoms. The zero-order valence-corrected chi connectivity index (χ0v) is 12.8. The predicted molar refractivity (Wildman–Crippen MR) is 87.5 cm³/mol. The van der Waals surface area contributed by atoms with Crippen molar-refractivity contribution in [2.24, 2.45) is 0 Å². The minimum Gasteiger partial charge on any atom is -0.478 e. The summed E-state index contributed by atoms with van der Waals surface area (Å²) in [6.45, 7) is 0.998. The number of anilines is 1.